The summed E-state index contributed by atoms with van der Waals surface area (Å²) in [4.78, 5) is 12.4. The first-order valence-corrected chi connectivity index (χ1v) is 9.81. The zero-order valence-corrected chi connectivity index (χ0v) is 16.6. The Balaban J connectivity index is 1.68. The lowest BCUT2D eigenvalue weighted by Gasteiger charge is -2.12. The third-order valence-electron chi connectivity index (χ3n) is 4.60. The monoisotopic (exact) mass is 434 g/mol. The molecule has 8 heteroatoms. The van der Waals surface area contributed by atoms with Crippen LogP contribution in [-0.2, 0) is 6.18 Å². The molecule has 0 atom stereocenters. The maximum absolute atomic E-state index is 12.7. The number of halogens is 4. The molecule has 164 valence electrons. The van der Waals surface area contributed by atoms with Gasteiger partial charge in [-0.25, -0.2) is 4.39 Å². The minimum Gasteiger partial charge on any atom is -0.457 e. The van der Waals surface area contributed by atoms with E-state index in [-0.39, 0.29) is 11.7 Å². The van der Waals surface area contributed by atoms with Crippen LogP contribution < -0.4 is 15.4 Å². The van der Waals surface area contributed by atoms with Gasteiger partial charge in [0.15, 0.2) is 0 Å². The lowest BCUT2D eigenvalue weighted by Crippen LogP contribution is -2.27. The Morgan fingerprint density at radius 3 is 2.42 bits per heavy atom. The SMILES string of the molecule is O=C(NCCCNCCF)c1ccc2c(Oc3ccc(C(F)(F)F)cc3)cccc2c1. The number of nitrogens with one attached hydrogen (secondary N) is 2. The Morgan fingerprint density at radius 1 is 0.935 bits per heavy atom. The number of amides is 1. The van der Waals surface area contributed by atoms with Crippen LogP contribution in [0.1, 0.15) is 22.3 Å². The molecule has 0 aliphatic carbocycles. The summed E-state index contributed by atoms with van der Waals surface area (Å²) in [6, 6.07) is 14.9. The van der Waals surface area contributed by atoms with Gasteiger partial charge in [0.1, 0.15) is 18.2 Å². The van der Waals surface area contributed by atoms with Crippen molar-refractivity contribution in [1.29, 1.82) is 0 Å². The number of carbonyl (C=O) groups is 1. The second-order valence-corrected chi connectivity index (χ2v) is 6.86. The Kier molecular flexibility index (Phi) is 7.46. The minimum absolute atomic E-state index is 0.221. The van der Waals surface area contributed by atoms with Gasteiger partial charge < -0.3 is 15.4 Å². The predicted molar refractivity (Wildman–Crippen MR) is 111 cm³/mol. The van der Waals surface area contributed by atoms with Crippen molar-refractivity contribution >= 4 is 16.7 Å². The van der Waals surface area contributed by atoms with E-state index < -0.39 is 18.4 Å². The van der Waals surface area contributed by atoms with Crippen LogP contribution in [-0.4, -0.2) is 32.2 Å². The molecular formula is C23H22F4N2O2. The summed E-state index contributed by atoms with van der Waals surface area (Å²) in [5.74, 6) is 0.535. The number of benzene rings is 3. The number of fused-ring (bicyclic) bond motifs is 1. The Bertz CT molecular complexity index is 1020. The molecule has 0 spiro atoms. The lowest BCUT2D eigenvalue weighted by molar-refractivity contribution is -0.137. The van der Waals surface area contributed by atoms with Gasteiger partial charge in [0.05, 0.1) is 5.56 Å². The molecule has 0 radical (unpaired) electrons. The van der Waals surface area contributed by atoms with E-state index in [2.05, 4.69) is 10.6 Å². The van der Waals surface area contributed by atoms with E-state index in [1.807, 2.05) is 6.07 Å². The highest BCUT2D eigenvalue weighted by molar-refractivity contribution is 5.99. The number of alkyl halides is 4. The Hall–Kier alpha value is -3.13. The molecule has 0 aliphatic rings. The molecule has 0 saturated heterocycles. The van der Waals surface area contributed by atoms with Crippen molar-refractivity contribution in [3.8, 4) is 11.5 Å². The molecular weight excluding hydrogens is 412 g/mol. The molecule has 2 N–H and O–H groups in total. The van der Waals surface area contributed by atoms with Crippen molar-refractivity contribution in [1.82, 2.24) is 10.6 Å². The maximum Gasteiger partial charge on any atom is 0.416 e. The lowest BCUT2D eigenvalue weighted by atomic mass is 10.1. The van der Waals surface area contributed by atoms with E-state index in [4.69, 9.17) is 4.74 Å². The third-order valence-corrected chi connectivity index (χ3v) is 4.60. The van der Waals surface area contributed by atoms with Crippen molar-refractivity contribution in [2.45, 2.75) is 12.6 Å². The summed E-state index contributed by atoms with van der Waals surface area (Å²) in [5.41, 5.74) is -0.262. The first kappa shape index (κ1) is 22.6. The summed E-state index contributed by atoms with van der Waals surface area (Å²) in [6.45, 7) is 0.962. The van der Waals surface area contributed by atoms with E-state index in [1.165, 1.54) is 12.1 Å². The predicted octanol–water partition coefficient (Wildman–Crippen LogP) is 5.33. The van der Waals surface area contributed by atoms with Crippen molar-refractivity contribution in [2.24, 2.45) is 0 Å². The highest BCUT2D eigenvalue weighted by atomic mass is 19.4. The number of rotatable bonds is 9. The van der Waals surface area contributed by atoms with E-state index in [0.717, 1.165) is 22.9 Å². The van der Waals surface area contributed by atoms with Crippen molar-refractivity contribution in [2.75, 3.05) is 26.3 Å². The van der Waals surface area contributed by atoms with Crippen LogP contribution in [0, 0.1) is 0 Å². The standard InChI is InChI=1S/C23H22F4N2O2/c24-11-14-28-12-2-13-29-22(30)17-5-10-20-16(15-17)3-1-4-21(20)31-19-8-6-18(7-9-19)23(25,26)27/h1,3-10,15,28H,2,11-14H2,(H,29,30). The minimum atomic E-state index is -4.40. The largest absolute Gasteiger partial charge is 0.457 e. The van der Waals surface area contributed by atoms with Gasteiger partial charge in [-0.1, -0.05) is 12.1 Å². The molecule has 0 fully saturated rings. The van der Waals surface area contributed by atoms with Gasteiger partial charge in [0, 0.05) is 24.0 Å². The molecule has 3 aromatic carbocycles. The molecule has 31 heavy (non-hydrogen) atoms. The van der Waals surface area contributed by atoms with Crippen LogP contribution in [0.25, 0.3) is 10.8 Å². The molecule has 1 amide bonds. The molecule has 0 aromatic heterocycles. The van der Waals surface area contributed by atoms with E-state index >= 15 is 0 Å². The van der Waals surface area contributed by atoms with Gasteiger partial charge in [-0.05, 0) is 66.9 Å². The Labute approximate surface area is 177 Å². The van der Waals surface area contributed by atoms with Crippen molar-refractivity contribution < 1.29 is 27.1 Å². The summed E-state index contributed by atoms with van der Waals surface area (Å²) in [5, 5.41) is 7.23. The van der Waals surface area contributed by atoms with Crippen LogP contribution in [0.3, 0.4) is 0 Å². The molecule has 0 heterocycles. The number of ether oxygens (including phenoxy) is 1. The summed E-state index contributed by atoms with van der Waals surface area (Å²) >= 11 is 0. The van der Waals surface area contributed by atoms with Gasteiger partial charge >= 0.3 is 6.18 Å². The number of hydrogen-bond acceptors (Lipinski definition) is 3. The summed E-state index contributed by atoms with van der Waals surface area (Å²) in [7, 11) is 0. The van der Waals surface area contributed by atoms with Crippen LogP contribution in [0.4, 0.5) is 17.6 Å². The molecule has 3 aromatic rings. The second-order valence-electron chi connectivity index (χ2n) is 6.86. The van der Waals surface area contributed by atoms with Gasteiger partial charge in [0.25, 0.3) is 5.91 Å². The third kappa shape index (κ3) is 6.18. The maximum atomic E-state index is 12.7. The fourth-order valence-corrected chi connectivity index (χ4v) is 3.03. The quantitative estimate of drug-likeness (QED) is 0.354. The highest BCUT2D eigenvalue weighted by Gasteiger charge is 2.30. The highest BCUT2D eigenvalue weighted by Crippen LogP contribution is 2.33. The first-order valence-electron chi connectivity index (χ1n) is 9.81. The normalized spacial score (nSPS) is 11.5. The topological polar surface area (TPSA) is 50.4 Å². The fraction of sp³-hybridized carbons (Fsp3) is 0.261. The first-order chi connectivity index (χ1) is 14.9. The number of carbonyl (C=O) groups excluding carboxylic acids is 1. The average molecular weight is 434 g/mol. The molecule has 0 saturated carbocycles. The zero-order chi connectivity index (χ0) is 22.3. The second kappa shape index (κ2) is 10.3. The van der Waals surface area contributed by atoms with E-state index in [1.54, 1.807) is 30.3 Å². The van der Waals surface area contributed by atoms with Crippen molar-refractivity contribution in [3.05, 3.63) is 71.8 Å². The molecule has 0 unspecified atom stereocenters. The molecule has 3 rings (SSSR count). The van der Waals surface area contributed by atoms with Crippen LogP contribution in [0.15, 0.2) is 60.7 Å². The fourth-order valence-electron chi connectivity index (χ4n) is 3.03. The van der Waals surface area contributed by atoms with Gasteiger partial charge in [0.2, 0.25) is 0 Å². The van der Waals surface area contributed by atoms with Gasteiger partial charge in [-0.3, -0.25) is 4.79 Å². The van der Waals surface area contributed by atoms with Crippen LogP contribution in [0.5, 0.6) is 11.5 Å². The molecule has 0 bridgehead atoms. The molecule has 0 aliphatic heterocycles. The number of hydrogen-bond donors (Lipinski definition) is 2. The molecule has 4 nitrogen and oxygen atoms in total. The smallest absolute Gasteiger partial charge is 0.416 e. The van der Waals surface area contributed by atoms with E-state index in [9.17, 15) is 22.4 Å². The summed E-state index contributed by atoms with van der Waals surface area (Å²) < 4.78 is 55.9. The van der Waals surface area contributed by atoms with Gasteiger partial charge in [-0.15, -0.1) is 0 Å². The van der Waals surface area contributed by atoms with Gasteiger partial charge in [-0.2, -0.15) is 13.2 Å². The van der Waals surface area contributed by atoms with E-state index in [0.29, 0.717) is 37.4 Å². The summed E-state index contributed by atoms with van der Waals surface area (Å²) in [6.07, 6.45) is -3.72. The van der Waals surface area contributed by atoms with Crippen LogP contribution in [0.2, 0.25) is 0 Å². The average Bonchev–Trinajstić information content (AvgIpc) is 2.75. The van der Waals surface area contributed by atoms with Crippen molar-refractivity contribution in [3.63, 3.8) is 0 Å². The zero-order valence-electron chi connectivity index (χ0n) is 16.6. The van der Waals surface area contributed by atoms with Crippen LogP contribution >= 0.6 is 0 Å². The Morgan fingerprint density at radius 2 is 1.71 bits per heavy atom.